The van der Waals surface area contributed by atoms with Gasteiger partial charge >= 0.3 is 0 Å². The van der Waals surface area contributed by atoms with Crippen molar-refractivity contribution in [2.75, 3.05) is 27.5 Å². The van der Waals surface area contributed by atoms with Crippen molar-refractivity contribution in [3.63, 3.8) is 0 Å². The van der Waals surface area contributed by atoms with E-state index in [2.05, 4.69) is 5.32 Å². The van der Waals surface area contributed by atoms with Crippen molar-refractivity contribution in [1.29, 1.82) is 0 Å². The molecule has 116 valence electrons. The molecule has 0 bridgehead atoms. The number of rotatable bonds is 6. The SMILES string of the molecule is CNCc1cc2c(cc1OCC(=O)N(C)C(C)C)OCO2. The third-order valence-electron chi connectivity index (χ3n) is 3.44. The van der Waals surface area contributed by atoms with E-state index >= 15 is 0 Å². The summed E-state index contributed by atoms with van der Waals surface area (Å²) in [5.74, 6) is 1.94. The van der Waals surface area contributed by atoms with Crippen LogP contribution in [0.3, 0.4) is 0 Å². The predicted octanol–water partition coefficient (Wildman–Crippen LogP) is 1.38. The molecule has 0 unspecified atom stereocenters. The summed E-state index contributed by atoms with van der Waals surface area (Å²) < 4.78 is 16.4. The lowest BCUT2D eigenvalue weighted by Gasteiger charge is -2.22. The number of likely N-dealkylation sites (N-methyl/N-ethyl adjacent to an activating group) is 1. The summed E-state index contributed by atoms with van der Waals surface area (Å²) in [6.45, 7) is 4.77. The van der Waals surface area contributed by atoms with E-state index in [0.29, 0.717) is 23.8 Å². The maximum absolute atomic E-state index is 12.0. The Morgan fingerprint density at radius 2 is 2.05 bits per heavy atom. The zero-order valence-corrected chi connectivity index (χ0v) is 12.9. The van der Waals surface area contributed by atoms with Gasteiger partial charge in [0.05, 0.1) is 0 Å². The molecule has 6 nitrogen and oxygen atoms in total. The highest BCUT2D eigenvalue weighted by Gasteiger charge is 2.19. The molecule has 6 heteroatoms. The van der Waals surface area contributed by atoms with E-state index in [0.717, 1.165) is 5.56 Å². The number of ether oxygens (including phenoxy) is 3. The van der Waals surface area contributed by atoms with Gasteiger partial charge in [-0.2, -0.15) is 0 Å². The molecule has 0 spiro atoms. The minimum absolute atomic E-state index is 0.00500. The van der Waals surface area contributed by atoms with Gasteiger partial charge in [0.2, 0.25) is 6.79 Å². The van der Waals surface area contributed by atoms with E-state index in [9.17, 15) is 4.79 Å². The molecule has 1 aromatic carbocycles. The highest BCUT2D eigenvalue weighted by Crippen LogP contribution is 2.38. The first kappa shape index (κ1) is 15.4. The number of hydrogen-bond acceptors (Lipinski definition) is 5. The Labute approximate surface area is 125 Å². The number of carbonyl (C=O) groups is 1. The fourth-order valence-corrected chi connectivity index (χ4v) is 1.96. The number of fused-ring (bicyclic) bond motifs is 1. The van der Waals surface area contributed by atoms with Crippen molar-refractivity contribution >= 4 is 5.91 Å². The van der Waals surface area contributed by atoms with Gasteiger partial charge in [-0.15, -0.1) is 0 Å². The standard InChI is InChI=1S/C15H22N2O4/c1-10(2)17(4)15(18)8-19-12-6-14-13(20-9-21-14)5-11(12)7-16-3/h5-6,10,16H,7-9H2,1-4H3. The molecule has 1 aromatic rings. The molecule has 1 aliphatic rings. The zero-order valence-electron chi connectivity index (χ0n) is 12.9. The summed E-state index contributed by atoms with van der Waals surface area (Å²) in [5, 5.41) is 3.07. The number of nitrogens with one attached hydrogen (secondary N) is 1. The highest BCUT2D eigenvalue weighted by molar-refractivity contribution is 5.77. The van der Waals surface area contributed by atoms with Crippen LogP contribution >= 0.6 is 0 Å². The van der Waals surface area contributed by atoms with Crippen LogP contribution in [0.15, 0.2) is 12.1 Å². The Bertz CT molecular complexity index is 517. The number of benzene rings is 1. The maximum Gasteiger partial charge on any atom is 0.260 e. The number of amides is 1. The second kappa shape index (κ2) is 6.67. The van der Waals surface area contributed by atoms with Crippen LogP contribution in [0.2, 0.25) is 0 Å². The van der Waals surface area contributed by atoms with E-state index in [1.165, 1.54) is 0 Å². The Morgan fingerprint density at radius 1 is 1.38 bits per heavy atom. The van der Waals surface area contributed by atoms with Gasteiger partial charge in [0.25, 0.3) is 5.91 Å². The molecule has 0 saturated carbocycles. The lowest BCUT2D eigenvalue weighted by atomic mass is 10.1. The van der Waals surface area contributed by atoms with E-state index in [-0.39, 0.29) is 25.3 Å². The minimum atomic E-state index is -0.0573. The van der Waals surface area contributed by atoms with Crippen LogP contribution in [0, 0.1) is 0 Å². The van der Waals surface area contributed by atoms with E-state index in [1.807, 2.05) is 27.0 Å². The summed E-state index contributed by atoms with van der Waals surface area (Å²) in [5.41, 5.74) is 0.932. The molecular formula is C15H22N2O4. The summed E-state index contributed by atoms with van der Waals surface area (Å²) in [7, 11) is 3.62. The van der Waals surface area contributed by atoms with Gasteiger partial charge in [-0.1, -0.05) is 0 Å². The Kier molecular flexibility index (Phi) is 4.90. The van der Waals surface area contributed by atoms with Crippen molar-refractivity contribution in [1.82, 2.24) is 10.2 Å². The lowest BCUT2D eigenvalue weighted by molar-refractivity contribution is -0.133. The molecule has 2 rings (SSSR count). The highest BCUT2D eigenvalue weighted by atomic mass is 16.7. The molecule has 1 N–H and O–H groups in total. The summed E-state index contributed by atoms with van der Waals surface area (Å²) in [4.78, 5) is 13.6. The largest absolute Gasteiger partial charge is 0.483 e. The first-order valence-corrected chi connectivity index (χ1v) is 6.98. The van der Waals surface area contributed by atoms with Crippen molar-refractivity contribution in [2.45, 2.75) is 26.4 Å². The van der Waals surface area contributed by atoms with Gasteiger partial charge in [-0.3, -0.25) is 4.79 Å². The Hall–Kier alpha value is -1.95. The van der Waals surface area contributed by atoms with E-state index < -0.39 is 0 Å². The first-order chi connectivity index (χ1) is 10.0. The van der Waals surface area contributed by atoms with Gasteiger partial charge in [-0.05, 0) is 27.0 Å². The topological polar surface area (TPSA) is 60.0 Å². The smallest absolute Gasteiger partial charge is 0.260 e. The van der Waals surface area contributed by atoms with Crippen molar-refractivity contribution < 1.29 is 19.0 Å². The number of nitrogens with zero attached hydrogens (tertiary/aromatic N) is 1. The summed E-state index contributed by atoms with van der Waals surface area (Å²) in [6.07, 6.45) is 0. The van der Waals surface area contributed by atoms with Crippen molar-refractivity contribution in [3.8, 4) is 17.2 Å². The van der Waals surface area contributed by atoms with Crippen LogP contribution in [-0.4, -0.2) is 44.3 Å². The van der Waals surface area contributed by atoms with Gasteiger partial charge in [0.15, 0.2) is 18.1 Å². The molecule has 1 aliphatic heterocycles. The molecule has 1 heterocycles. The van der Waals surface area contributed by atoms with Crippen LogP contribution in [0.25, 0.3) is 0 Å². The fourth-order valence-electron chi connectivity index (χ4n) is 1.96. The van der Waals surface area contributed by atoms with Gasteiger partial charge < -0.3 is 24.4 Å². The monoisotopic (exact) mass is 294 g/mol. The van der Waals surface area contributed by atoms with Gasteiger partial charge in [0.1, 0.15) is 5.75 Å². The summed E-state index contributed by atoms with van der Waals surface area (Å²) in [6, 6.07) is 3.80. The minimum Gasteiger partial charge on any atom is -0.483 e. The molecule has 0 radical (unpaired) electrons. The number of carbonyl (C=O) groups excluding carboxylic acids is 1. The van der Waals surface area contributed by atoms with E-state index in [1.54, 1.807) is 18.0 Å². The molecule has 21 heavy (non-hydrogen) atoms. The van der Waals surface area contributed by atoms with E-state index in [4.69, 9.17) is 14.2 Å². The maximum atomic E-state index is 12.0. The van der Waals surface area contributed by atoms with Crippen LogP contribution in [0.4, 0.5) is 0 Å². The normalized spacial score (nSPS) is 12.6. The lowest BCUT2D eigenvalue weighted by Crippen LogP contribution is -2.36. The summed E-state index contributed by atoms with van der Waals surface area (Å²) >= 11 is 0. The molecule has 0 atom stereocenters. The second-order valence-electron chi connectivity index (χ2n) is 5.23. The average molecular weight is 294 g/mol. The van der Waals surface area contributed by atoms with Crippen LogP contribution in [0.1, 0.15) is 19.4 Å². The quantitative estimate of drug-likeness (QED) is 0.859. The molecule has 0 aliphatic carbocycles. The zero-order chi connectivity index (χ0) is 15.4. The third kappa shape index (κ3) is 3.58. The Balaban J connectivity index is 2.10. The predicted molar refractivity (Wildman–Crippen MR) is 78.7 cm³/mol. The van der Waals surface area contributed by atoms with Gasteiger partial charge in [-0.25, -0.2) is 0 Å². The van der Waals surface area contributed by atoms with Crippen LogP contribution in [-0.2, 0) is 11.3 Å². The van der Waals surface area contributed by atoms with Crippen molar-refractivity contribution in [3.05, 3.63) is 17.7 Å². The average Bonchev–Trinajstić information content (AvgIpc) is 2.90. The Morgan fingerprint density at radius 3 is 2.67 bits per heavy atom. The first-order valence-electron chi connectivity index (χ1n) is 6.98. The third-order valence-corrected chi connectivity index (χ3v) is 3.44. The van der Waals surface area contributed by atoms with Gasteiger partial charge in [0, 0.05) is 31.3 Å². The molecular weight excluding hydrogens is 272 g/mol. The molecule has 0 fully saturated rings. The number of hydrogen-bond donors (Lipinski definition) is 1. The van der Waals surface area contributed by atoms with Crippen LogP contribution < -0.4 is 19.5 Å². The van der Waals surface area contributed by atoms with Crippen molar-refractivity contribution in [2.24, 2.45) is 0 Å². The molecule has 0 saturated heterocycles. The molecule has 1 amide bonds. The second-order valence-corrected chi connectivity index (χ2v) is 5.23. The fraction of sp³-hybridized carbons (Fsp3) is 0.533. The van der Waals surface area contributed by atoms with Crippen LogP contribution in [0.5, 0.6) is 17.2 Å². The molecule has 0 aromatic heterocycles.